The maximum Gasteiger partial charge on any atom is 0.131 e. The molecule has 0 aliphatic carbocycles. The van der Waals surface area contributed by atoms with Crippen LogP contribution >= 0.6 is 0 Å². The van der Waals surface area contributed by atoms with E-state index in [2.05, 4.69) is 19.1 Å². The minimum Gasteiger partial charge on any atom is -0.493 e. The Morgan fingerprint density at radius 2 is 1.43 bits per heavy atom. The molecule has 0 bridgehead atoms. The molecule has 0 fully saturated rings. The van der Waals surface area contributed by atoms with Crippen molar-refractivity contribution < 1.29 is 9.47 Å². The van der Waals surface area contributed by atoms with E-state index >= 15 is 0 Å². The Kier molecular flexibility index (Phi) is 4.95. The number of aryl methyl sites for hydroxylation is 1. The third kappa shape index (κ3) is 4.62. The predicted molar refractivity (Wildman–Crippen MR) is 93.3 cm³/mol. The Morgan fingerprint density at radius 3 is 2.22 bits per heavy atom. The van der Waals surface area contributed by atoms with E-state index in [-0.39, 0.29) is 0 Å². The second kappa shape index (κ2) is 7.50. The van der Waals surface area contributed by atoms with Gasteiger partial charge in [0.25, 0.3) is 0 Å². The summed E-state index contributed by atoms with van der Waals surface area (Å²) in [5.74, 6) is 2.44. The smallest absolute Gasteiger partial charge is 0.131 e. The zero-order chi connectivity index (χ0) is 15.9. The maximum absolute atomic E-state index is 5.86. The monoisotopic (exact) mass is 304 g/mol. The first-order valence-electron chi connectivity index (χ1n) is 7.81. The summed E-state index contributed by atoms with van der Waals surface area (Å²) in [4.78, 5) is 0. The highest BCUT2D eigenvalue weighted by molar-refractivity contribution is 5.37. The van der Waals surface area contributed by atoms with Gasteiger partial charge in [0.1, 0.15) is 17.2 Å². The molecule has 0 spiro atoms. The molecule has 3 rings (SSSR count). The van der Waals surface area contributed by atoms with Gasteiger partial charge in [-0.05, 0) is 36.8 Å². The molecule has 0 N–H and O–H groups in total. The fraction of sp³-hybridized carbons (Fsp3) is 0.143. The van der Waals surface area contributed by atoms with Crippen molar-refractivity contribution in [1.82, 2.24) is 0 Å². The molecular formula is C21H20O2. The van der Waals surface area contributed by atoms with Gasteiger partial charge in [-0.3, -0.25) is 0 Å². The highest BCUT2D eigenvalue weighted by atomic mass is 16.5. The normalized spacial score (nSPS) is 10.3. The molecule has 0 heterocycles. The van der Waals surface area contributed by atoms with E-state index in [0.29, 0.717) is 6.61 Å². The summed E-state index contributed by atoms with van der Waals surface area (Å²) in [7, 11) is 0. The van der Waals surface area contributed by atoms with E-state index in [0.717, 1.165) is 23.7 Å². The molecule has 0 radical (unpaired) electrons. The summed E-state index contributed by atoms with van der Waals surface area (Å²) >= 11 is 0. The SMILES string of the molecule is Cc1ccc(Oc2cccc(OCCc3ccccc3)c2)cc1. The van der Waals surface area contributed by atoms with Gasteiger partial charge in [-0.1, -0.05) is 54.1 Å². The highest BCUT2D eigenvalue weighted by Crippen LogP contribution is 2.25. The van der Waals surface area contributed by atoms with Gasteiger partial charge in [0.2, 0.25) is 0 Å². The van der Waals surface area contributed by atoms with Gasteiger partial charge in [-0.15, -0.1) is 0 Å². The Morgan fingerprint density at radius 1 is 0.696 bits per heavy atom. The minimum absolute atomic E-state index is 0.651. The first-order valence-corrected chi connectivity index (χ1v) is 7.81. The number of hydrogen-bond acceptors (Lipinski definition) is 2. The second-order valence-electron chi connectivity index (χ2n) is 5.47. The van der Waals surface area contributed by atoms with Gasteiger partial charge in [-0.25, -0.2) is 0 Å². The number of hydrogen-bond donors (Lipinski definition) is 0. The lowest BCUT2D eigenvalue weighted by Crippen LogP contribution is -2.01. The van der Waals surface area contributed by atoms with Crippen molar-refractivity contribution in [3.63, 3.8) is 0 Å². The maximum atomic E-state index is 5.86. The fourth-order valence-electron chi connectivity index (χ4n) is 2.30. The van der Waals surface area contributed by atoms with Gasteiger partial charge in [0.15, 0.2) is 0 Å². The standard InChI is InChI=1S/C21H20O2/c1-17-10-12-19(13-11-17)23-21-9-5-8-20(16-21)22-15-14-18-6-3-2-4-7-18/h2-13,16H,14-15H2,1H3. The molecular weight excluding hydrogens is 284 g/mol. The summed E-state index contributed by atoms with van der Waals surface area (Å²) in [5.41, 5.74) is 2.50. The van der Waals surface area contributed by atoms with E-state index in [9.17, 15) is 0 Å². The first kappa shape index (κ1) is 15.2. The molecule has 2 heteroatoms. The van der Waals surface area contributed by atoms with Gasteiger partial charge in [-0.2, -0.15) is 0 Å². The van der Waals surface area contributed by atoms with Crippen LogP contribution in [-0.2, 0) is 6.42 Å². The van der Waals surface area contributed by atoms with Crippen LogP contribution in [0.2, 0.25) is 0 Å². The number of benzene rings is 3. The Bertz CT molecular complexity index is 733. The molecule has 116 valence electrons. The van der Waals surface area contributed by atoms with E-state index in [4.69, 9.17) is 9.47 Å². The van der Waals surface area contributed by atoms with Crippen molar-refractivity contribution in [1.29, 1.82) is 0 Å². The summed E-state index contributed by atoms with van der Waals surface area (Å²) in [5, 5.41) is 0. The van der Waals surface area contributed by atoms with Crippen molar-refractivity contribution in [2.75, 3.05) is 6.61 Å². The lowest BCUT2D eigenvalue weighted by molar-refractivity contribution is 0.320. The van der Waals surface area contributed by atoms with Gasteiger partial charge < -0.3 is 9.47 Å². The third-order valence-electron chi connectivity index (χ3n) is 3.56. The lowest BCUT2D eigenvalue weighted by Gasteiger charge is -2.09. The van der Waals surface area contributed by atoms with Crippen LogP contribution in [0.25, 0.3) is 0 Å². The number of rotatable bonds is 6. The molecule has 23 heavy (non-hydrogen) atoms. The molecule has 0 aliphatic rings. The van der Waals surface area contributed by atoms with Crippen molar-refractivity contribution in [2.45, 2.75) is 13.3 Å². The highest BCUT2D eigenvalue weighted by Gasteiger charge is 2.00. The average molecular weight is 304 g/mol. The Balaban J connectivity index is 1.57. The van der Waals surface area contributed by atoms with E-state index in [1.54, 1.807) is 0 Å². The zero-order valence-electron chi connectivity index (χ0n) is 13.2. The fourth-order valence-corrected chi connectivity index (χ4v) is 2.30. The zero-order valence-corrected chi connectivity index (χ0v) is 13.2. The van der Waals surface area contributed by atoms with Crippen LogP contribution in [0.3, 0.4) is 0 Å². The Hall–Kier alpha value is -2.74. The topological polar surface area (TPSA) is 18.5 Å². The summed E-state index contributed by atoms with van der Waals surface area (Å²) in [6.07, 6.45) is 0.893. The van der Waals surface area contributed by atoms with Gasteiger partial charge >= 0.3 is 0 Å². The molecule has 0 saturated carbocycles. The molecule has 0 atom stereocenters. The summed E-state index contributed by atoms with van der Waals surface area (Å²) < 4.78 is 11.7. The van der Waals surface area contributed by atoms with Crippen LogP contribution in [0.1, 0.15) is 11.1 Å². The van der Waals surface area contributed by atoms with Crippen LogP contribution in [0, 0.1) is 6.92 Å². The van der Waals surface area contributed by atoms with Crippen LogP contribution in [0.15, 0.2) is 78.9 Å². The molecule has 0 amide bonds. The van der Waals surface area contributed by atoms with Crippen LogP contribution in [-0.4, -0.2) is 6.61 Å². The molecule has 3 aromatic carbocycles. The lowest BCUT2D eigenvalue weighted by atomic mass is 10.2. The van der Waals surface area contributed by atoms with Crippen molar-refractivity contribution in [3.8, 4) is 17.2 Å². The van der Waals surface area contributed by atoms with Crippen molar-refractivity contribution in [2.24, 2.45) is 0 Å². The first-order chi connectivity index (χ1) is 11.3. The van der Waals surface area contributed by atoms with Crippen molar-refractivity contribution >= 4 is 0 Å². The Labute approximate surface area is 137 Å². The molecule has 0 aliphatic heterocycles. The average Bonchev–Trinajstić information content (AvgIpc) is 2.58. The quantitative estimate of drug-likeness (QED) is 0.606. The predicted octanol–water partition coefficient (Wildman–Crippen LogP) is 5.41. The molecule has 0 aromatic heterocycles. The second-order valence-corrected chi connectivity index (χ2v) is 5.47. The van der Waals surface area contributed by atoms with E-state index in [1.165, 1.54) is 11.1 Å². The van der Waals surface area contributed by atoms with Crippen LogP contribution in [0.4, 0.5) is 0 Å². The van der Waals surface area contributed by atoms with E-state index in [1.807, 2.05) is 66.7 Å². The molecule has 2 nitrogen and oxygen atoms in total. The molecule has 0 saturated heterocycles. The molecule has 3 aromatic rings. The molecule has 0 unspecified atom stereocenters. The summed E-state index contributed by atoms with van der Waals surface area (Å²) in [6, 6.07) is 26.1. The van der Waals surface area contributed by atoms with Crippen LogP contribution < -0.4 is 9.47 Å². The van der Waals surface area contributed by atoms with Gasteiger partial charge in [0, 0.05) is 12.5 Å². The van der Waals surface area contributed by atoms with Gasteiger partial charge in [0.05, 0.1) is 6.61 Å². The number of ether oxygens (including phenoxy) is 2. The minimum atomic E-state index is 0.651. The third-order valence-corrected chi connectivity index (χ3v) is 3.56. The van der Waals surface area contributed by atoms with Crippen LogP contribution in [0.5, 0.6) is 17.2 Å². The van der Waals surface area contributed by atoms with Crippen molar-refractivity contribution in [3.05, 3.63) is 90.0 Å². The van der Waals surface area contributed by atoms with E-state index < -0.39 is 0 Å². The summed E-state index contributed by atoms with van der Waals surface area (Å²) in [6.45, 7) is 2.71. The largest absolute Gasteiger partial charge is 0.493 e.